The number of fused-ring (bicyclic) bond motifs is 9. The van der Waals surface area contributed by atoms with Gasteiger partial charge in [-0.2, -0.15) is 13.2 Å². The first-order chi connectivity index (χ1) is 23.0. The third kappa shape index (κ3) is 5.05. The third-order valence-corrected chi connectivity index (χ3v) is 12.7. The van der Waals surface area contributed by atoms with Crippen LogP contribution < -0.4 is 19.8 Å². The number of nitrogens with one attached hydrogen (secondary N) is 2. The Kier molecular flexibility index (Phi) is 7.49. The zero-order valence-corrected chi connectivity index (χ0v) is 27.1. The van der Waals surface area contributed by atoms with Gasteiger partial charge in [0.05, 0.1) is 28.1 Å². The fourth-order valence-corrected chi connectivity index (χ4v) is 11.2. The highest BCUT2D eigenvalue weighted by atomic mass is 35.5. The molecule has 2 saturated carbocycles. The number of halogens is 4. The van der Waals surface area contributed by atoms with Crippen LogP contribution in [0.3, 0.4) is 0 Å². The summed E-state index contributed by atoms with van der Waals surface area (Å²) in [6.07, 6.45) is -3.86. The van der Waals surface area contributed by atoms with Crippen LogP contribution in [0, 0.1) is 29.6 Å². The van der Waals surface area contributed by atoms with Gasteiger partial charge in [0.1, 0.15) is 5.75 Å². The zero-order chi connectivity index (χ0) is 33.5. The number of thioether (sulfide) groups is 1. The topological polar surface area (TPSA) is 109 Å². The van der Waals surface area contributed by atoms with Crippen molar-refractivity contribution >= 4 is 63.8 Å². The van der Waals surface area contributed by atoms with Crippen molar-refractivity contribution in [3.8, 4) is 5.75 Å². The quantitative estimate of drug-likeness (QED) is 0.213. The molecule has 3 fully saturated rings. The van der Waals surface area contributed by atoms with Gasteiger partial charge in [0.15, 0.2) is 6.61 Å². The molecule has 2 aliphatic heterocycles. The lowest BCUT2D eigenvalue weighted by atomic mass is 9.68. The molecule has 3 aromatic carbocycles. The molecular weight excluding hydrogens is 687 g/mol. The van der Waals surface area contributed by atoms with Crippen LogP contribution in [-0.4, -0.2) is 34.6 Å². The number of alkyl halides is 3. The molecule has 8 rings (SSSR count). The Balaban J connectivity index is 1.09. The molecule has 2 aliphatic carbocycles. The molecule has 2 N–H and O–H groups in total. The Labute approximate surface area is 284 Å². The number of aromatic nitrogens is 1. The monoisotopic (exact) mass is 711 g/mol. The van der Waals surface area contributed by atoms with E-state index >= 15 is 0 Å². The van der Waals surface area contributed by atoms with E-state index in [0.717, 1.165) is 38.9 Å². The standard InChI is InChI=1S/C34H25ClF3N3O5S2/c35-16-8-10-18(11-9-16)41-31(43)26-20-13-21(27(26)32(41)44)28-25(20)24(29-30(47-28)40-33(45)48-29)19-6-1-2-7-22(19)46-14-23(42)39-17-5-3-4-15(12-17)34(36,37)38/h1-12,20-21,24-28H,13-14H2,(H,39,42)(H,40,45)/t20-,21-,24-,25?,26?,27?,28?/m1/s1. The lowest BCUT2D eigenvalue weighted by Crippen LogP contribution is -2.42. The zero-order valence-electron chi connectivity index (χ0n) is 24.7. The predicted molar refractivity (Wildman–Crippen MR) is 174 cm³/mol. The molecule has 4 aromatic rings. The third-order valence-electron chi connectivity index (χ3n) is 9.90. The Bertz CT molecular complexity index is 2030. The van der Waals surface area contributed by atoms with Crippen LogP contribution in [-0.2, 0) is 20.6 Å². The largest absolute Gasteiger partial charge is 0.483 e. The number of amides is 3. The Morgan fingerprint density at radius 3 is 2.46 bits per heavy atom. The number of imide groups is 1. The molecule has 4 aliphatic rings. The second kappa shape index (κ2) is 11.5. The highest BCUT2D eigenvalue weighted by molar-refractivity contribution is 8.00. The first kappa shape index (κ1) is 31.2. The maximum absolute atomic E-state index is 14.0. The summed E-state index contributed by atoms with van der Waals surface area (Å²) in [5.41, 5.74) is 0.317. The van der Waals surface area contributed by atoms with E-state index in [1.54, 1.807) is 48.2 Å². The summed E-state index contributed by atoms with van der Waals surface area (Å²) in [5.74, 6) is -2.37. The minimum atomic E-state index is -4.56. The van der Waals surface area contributed by atoms with Crippen LogP contribution in [0.15, 0.2) is 82.6 Å². The predicted octanol–water partition coefficient (Wildman–Crippen LogP) is 6.80. The number of thiazole rings is 1. The van der Waals surface area contributed by atoms with Gasteiger partial charge in [-0.3, -0.25) is 24.1 Å². The lowest BCUT2D eigenvalue weighted by molar-refractivity contribution is -0.137. The number of anilines is 2. The van der Waals surface area contributed by atoms with Gasteiger partial charge in [0.25, 0.3) is 5.91 Å². The van der Waals surface area contributed by atoms with Crippen LogP contribution in [0.5, 0.6) is 5.75 Å². The Morgan fingerprint density at radius 2 is 1.71 bits per heavy atom. The highest BCUT2D eigenvalue weighted by Gasteiger charge is 2.69. The summed E-state index contributed by atoms with van der Waals surface area (Å²) < 4.78 is 45.5. The molecule has 246 valence electrons. The minimum absolute atomic E-state index is 0.0134. The van der Waals surface area contributed by atoms with E-state index in [2.05, 4.69) is 10.3 Å². The summed E-state index contributed by atoms with van der Waals surface area (Å²) in [6, 6.07) is 18.2. The van der Waals surface area contributed by atoms with Crippen molar-refractivity contribution in [1.82, 2.24) is 4.98 Å². The van der Waals surface area contributed by atoms with Gasteiger partial charge >= 0.3 is 11.0 Å². The average Bonchev–Trinajstić information content (AvgIpc) is 3.79. The normalized spacial score (nSPS) is 27.1. The fourth-order valence-electron chi connectivity index (χ4n) is 8.19. The van der Waals surface area contributed by atoms with E-state index < -0.39 is 36.1 Å². The molecule has 7 atom stereocenters. The number of carbonyl (C=O) groups excluding carboxylic acids is 3. The number of benzene rings is 3. The number of carbonyl (C=O) groups is 3. The van der Waals surface area contributed by atoms with Crippen LogP contribution >= 0.6 is 34.7 Å². The molecule has 1 aromatic heterocycles. The summed E-state index contributed by atoms with van der Waals surface area (Å²) in [5, 5.41) is 3.63. The Hall–Kier alpha value is -4.07. The van der Waals surface area contributed by atoms with Crippen LogP contribution in [0.25, 0.3) is 0 Å². The van der Waals surface area contributed by atoms with E-state index in [1.807, 2.05) is 12.1 Å². The van der Waals surface area contributed by atoms with Crippen LogP contribution in [0.4, 0.5) is 24.5 Å². The molecule has 8 nitrogen and oxygen atoms in total. The van der Waals surface area contributed by atoms with Crippen molar-refractivity contribution < 1.29 is 32.3 Å². The molecule has 48 heavy (non-hydrogen) atoms. The molecule has 14 heteroatoms. The number of rotatable bonds is 6. The second-order valence-electron chi connectivity index (χ2n) is 12.4. The molecule has 4 unspecified atom stereocenters. The highest BCUT2D eigenvalue weighted by Crippen LogP contribution is 2.69. The smallest absolute Gasteiger partial charge is 0.416 e. The van der Waals surface area contributed by atoms with Crippen molar-refractivity contribution in [1.29, 1.82) is 0 Å². The molecule has 2 bridgehead atoms. The first-order valence-electron chi connectivity index (χ1n) is 15.2. The van der Waals surface area contributed by atoms with Crippen molar-refractivity contribution in [2.45, 2.75) is 28.8 Å². The number of hydrogen-bond donors (Lipinski definition) is 2. The molecular formula is C34H25ClF3N3O5S2. The maximum Gasteiger partial charge on any atom is 0.416 e. The van der Waals surface area contributed by atoms with E-state index in [0.29, 0.717) is 22.9 Å². The van der Waals surface area contributed by atoms with E-state index in [4.69, 9.17) is 16.3 Å². The summed E-state index contributed by atoms with van der Waals surface area (Å²) in [4.78, 5) is 58.2. The van der Waals surface area contributed by atoms with Gasteiger partial charge < -0.3 is 15.0 Å². The number of aromatic amines is 1. The maximum atomic E-state index is 14.0. The average molecular weight is 712 g/mol. The van der Waals surface area contributed by atoms with Crippen molar-refractivity contribution in [2.75, 3.05) is 16.8 Å². The minimum Gasteiger partial charge on any atom is -0.483 e. The molecule has 3 heterocycles. The van der Waals surface area contributed by atoms with E-state index in [1.165, 1.54) is 17.0 Å². The SMILES string of the molecule is O=C(COc1ccccc1[C@H]1c2sc(=O)[nH]c2SC2C1[C@H]1C[C@@H]2C2C(=O)N(c3ccc(Cl)cc3)C(=O)C21)Nc1cccc(C(F)(F)F)c1. The number of H-pyrrole nitrogens is 1. The lowest BCUT2D eigenvalue weighted by Gasteiger charge is -2.43. The van der Waals surface area contributed by atoms with Crippen molar-refractivity contribution in [2.24, 2.45) is 29.6 Å². The second-order valence-corrected chi connectivity index (χ2v) is 15.0. The van der Waals surface area contributed by atoms with Gasteiger partial charge in [-0.25, -0.2) is 0 Å². The molecule has 3 amide bonds. The van der Waals surface area contributed by atoms with Gasteiger partial charge in [0, 0.05) is 32.3 Å². The molecule has 0 radical (unpaired) electrons. The summed E-state index contributed by atoms with van der Waals surface area (Å²) in [7, 11) is 0. The van der Waals surface area contributed by atoms with Gasteiger partial charge in [-0.15, -0.1) is 11.8 Å². The number of hydrogen-bond acceptors (Lipinski definition) is 7. The van der Waals surface area contributed by atoms with Crippen molar-refractivity contribution in [3.05, 3.63) is 103 Å². The van der Waals surface area contributed by atoms with Crippen LogP contribution in [0.2, 0.25) is 5.02 Å². The first-order valence-corrected chi connectivity index (χ1v) is 17.3. The van der Waals surface area contributed by atoms with E-state index in [-0.39, 0.29) is 51.3 Å². The van der Waals surface area contributed by atoms with Gasteiger partial charge in [0.2, 0.25) is 11.8 Å². The number of ether oxygens (including phenoxy) is 1. The van der Waals surface area contributed by atoms with Gasteiger partial charge in [-0.05, 0) is 72.7 Å². The Morgan fingerprint density at radius 1 is 0.979 bits per heavy atom. The summed E-state index contributed by atoms with van der Waals surface area (Å²) in [6.45, 7) is -0.473. The van der Waals surface area contributed by atoms with E-state index in [9.17, 15) is 32.3 Å². The number of nitrogens with zero attached hydrogens (tertiary/aromatic N) is 1. The number of para-hydroxylation sites is 1. The van der Waals surface area contributed by atoms with Gasteiger partial charge in [-0.1, -0.05) is 47.2 Å². The van der Waals surface area contributed by atoms with Crippen LogP contribution in [0.1, 0.15) is 28.3 Å². The summed E-state index contributed by atoms with van der Waals surface area (Å²) >= 11 is 8.73. The fraction of sp³-hybridized carbons (Fsp3) is 0.294. The molecule has 1 saturated heterocycles. The van der Waals surface area contributed by atoms with Crippen molar-refractivity contribution in [3.63, 3.8) is 0 Å². The molecule has 0 spiro atoms.